The number of nitrogens with two attached hydrogens (primary N) is 1. The number of alkyl halides is 1. The van der Waals surface area contributed by atoms with Crippen molar-refractivity contribution < 1.29 is 23.0 Å². The molecule has 11 heteroatoms. The lowest BCUT2D eigenvalue weighted by atomic mass is 9.76. The lowest BCUT2D eigenvalue weighted by Crippen LogP contribution is -2.41. The van der Waals surface area contributed by atoms with Crippen molar-refractivity contribution in [1.82, 2.24) is 0 Å². The first-order chi connectivity index (χ1) is 22.8. The van der Waals surface area contributed by atoms with Gasteiger partial charge in [0.25, 0.3) is 5.69 Å². The molecule has 6 nitrogen and oxygen atoms in total. The number of nitro benzene ring substituents is 1. The van der Waals surface area contributed by atoms with Crippen LogP contribution in [0.25, 0.3) is 32.3 Å². The molecule has 0 aromatic heterocycles. The van der Waals surface area contributed by atoms with Crippen molar-refractivity contribution in [3.63, 3.8) is 0 Å². The molecule has 1 aliphatic heterocycles. The second kappa shape index (κ2) is 15.5. The molecule has 6 aromatic rings. The van der Waals surface area contributed by atoms with Crippen LogP contribution in [0.4, 0.5) is 20.2 Å². The van der Waals surface area contributed by atoms with Gasteiger partial charge in [-0.3, -0.25) is 14.5 Å². The molecule has 0 amide bonds. The van der Waals surface area contributed by atoms with Crippen LogP contribution in [0.1, 0.15) is 27.7 Å². The van der Waals surface area contributed by atoms with Crippen LogP contribution in [0.15, 0.2) is 118 Å². The largest absolute Gasteiger partial charge is 0.495 e. The van der Waals surface area contributed by atoms with E-state index in [9.17, 15) is 18.9 Å². The number of non-ortho nitro benzene ring substituents is 1. The first-order valence-electron chi connectivity index (χ1n) is 14.9. The number of rotatable bonds is 2. The van der Waals surface area contributed by atoms with Gasteiger partial charge in [0.15, 0.2) is 0 Å². The Kier molecular flexibility index (Phi) is 12.0. The molecule has 1 heterocycles. The van der Waals surface area contributed by atoms with Crippen molar-refractivity contribution in [2.24, 2.45) is 0 Å². The van der Waals surface area contributed by atoms with E-state index < -0.39 is 23.2 Å². The zero-order valence-corrected chi connectivity index (χ0v) is 30.3. The number of halogens is 4. The fraction of sp³-hybridized carbons (Fsp3) is 0.189. The number of fused-ring (bicyclic) bond motifs is 3. The van der Waals surface area contributed by atoms with Crippen LogP contribution in [0.2, 0.25) is 0 Å². The molecule has 48 heavy (non-hydrogen) atoms. The second-order valence-corrected chi connectivity index (χ2v) is 13.6. The van der Waals surface area contributed by atoms with E-state index in [1.165, 1.54) is 18.2 Å². The molecule has 1 saturated heterocycles. The predicted octanol–water partition coefficient (Wildman–Crippen LogP) is 10.6. The van der Waals surface area contributed by atoms with E-state index in [-0.39, 0.29) is 11.5 Å². The monoisotopic (exact) mass is 778 g/mol. The third-order valence-electron chi connectivity index (χ3n) is 8.28. The molecule has 0 bridgehead atoms. The minimum Gasteiger partial charge on any atom is -0.399 e. The van der Waals surface area contributed by atoms with E-state index in [2.05, 4.69) is 37.9 Å². The van der Waals surface area contributed by atoms with Crippen LogP contribution in [-0.4, -0.2) is 30.4 Å². The van der Waals surface area contributed by atoms with Gasteiger partial charge in [-0.2, -0.15) is 0 Å². The van der Waals surface area contributed by atoms with E-state index in [4.69, 9.17) is 15.0 Å². The fourth-order valence-corrected chi connectivity index (χ4v) is 6.18. The van der Waals surface area contributed by atoms with E-state index in [1.54, 1.807) is 6.07 Å². The van der Waals surface area contributed by atoms with Gasteiger partial charge in [0.1, 0.15) is 5.82 Å². The average Bonchev–Trinajstić information content (AvgIpc) is 3.30. The third-order valence-corrected chi connectivity index (χ3v) is 9.62. The summed E-state index contributed by atoms with van der Waals surface area (Å²) in [5.74, 6) is -0.270. The first kappa shape index (κ1) is 36.9. The molecule has 248 valence electrons. The van der Waals surface area contributed by atoms with Crippen LogP contribution in [-0.2, 0) is 9.31 Å². The highest BCUT2D eigenvalue weighted by Gasteiger charge is 2.52. The summed E-state index contributed by atoms with van der Waals surface area (Å²) < 4.78 is 37.2. The van der Waals surface area contributed by atoms with Crippen LogP contribution in [0.3, 0.4) is 0 Å². The molecule has 0 saturated carbocycles. The van der Waals surface area contributed by atoms with Gasteiger partial charge in [0, 0.05) is 32.2 Å². The lowest BCUT2D eigenvalue weighted by Gasteiger charge is -2.32. The normalized spacial score (nSPS) is 14.3. The van der Waals surface area contributed by atoms with Gasteiger partial charge in [0.05, 0.1) is 23.3 Å². The van der Waals surface area contributed by atoms with Crippen molar-refractivity contribution in [2.45, 2.75) is 38.9 Å². The minimum absolute atomic E-state index is 0.107. The van der Waals surface area contributed by atoms with Crippen LogP contribution >= 0.6 is 31.9 Å². The fourth-order valence-electron chi connectivity index (χ4n) is 5.11. The topological polar surface area (TPSA) is 87.6 Å². The molecule has 0 unspecified atom stereocenters. The maximum atomic E-state index is 13.8. The molecule has 0 atom stereocenters. The minimum atomic E-state index is -0.541. The van der Waals surface area contributed by atoms with Crippen molar-refractivity contribution in [3.05, 3.63) is 134 Å². The highest BCUT2D eigenvalue weighted by atomic mass is 79.9. The molecule has 0 radical (unpaired) electrons. The Morgan fingerprint density at radius 3 is 1.75 bits per heavy atom. The Morgan fingerprint density at radius 2 is 1.19 bits per heavy atom. The SMILES string of the molecule is CC1(C)OB(c2cc(F)cc3ccccc23)OC1(C)C.CF.Nc1ccc(Br)c2ccccc12.O=[N+]([O-])c1cc(Br)c2ccccc2c1. The number of anilines is 1. The molecule has 7 rings (SSSR count). The van der Waals surface area contributed by atoms with Gasteiger partial charge >= 0.3 is 7.12 Å². The summed E-state index contributed by atoms with van der Waals surface area (Å²) in [6.45, 7) is 7.98. The Bertz CT molecular complexity index is 2020. The second-order valence-electron chi connectivity index (χ2n) is 11.9. The van der Waals surface area contributed by atoms with Gasteiger partial charge in [-0.25, -0.2) is 4.39 Å². The molecule has 1 aliphatic rings. The molecule has 0 spiro atoms. The van der Waals surface area contributed by atoms with Crippen molar-refractivity contribution in [3.8, 4) is 0 Å². The van der Waals surface area contributed by atoms with Crippen LogP contribution in [0.5, 0.6) is 0 Å². The standard InChI is InChI=1S/C16H18BFO2.C10H6BrNO2.C10H8BrN.CH3F/c1-15(2)16(3,4)20-17(19-15)14-10-12(18)9-11-7-5-6-8-13(11)14;11-10-6-8(12(13)14)5-7-3-1-2-4-9(7)10;11-9-5-6-10(12)8-4-2-1-3-7(8)9;1-2/h5-10H,1-4H3;1-6H;1-6H,12H2;1H3. The first-order valence-corrected chi connectivity index (χ1v) is 16.5. The smallest absolute Gasteiger partial charge is 0.399 e. The summed E-state index contributed by atoms with van der Waals surface area (Å²) in [6, 6.07) is 33.3. The van der Waals surface area contributed by atoms with Crippen molar-refractivity contribution in [1.29, 1.82) is 0 Å². The van der Waals surface area contributed by atoms with Gasteiger partial charge in [-0.1, -0.05) is 88.7 Å². The highest BCUT2D eigenvalue weighted by molar-refractivity contribution is 9.11. The summed E-state index contributed by atoms with van der Waals surface area (Å²) in [6.07, 6.45) is 0. The molecule has 0 aliphatic carbocycles. The molecule has 1 fully saturated rings. The number of nitro groups is 1. The van der Waals surface area contributed by atoms with E-state index in [0.717, 1.165) is 52.4 Å². The summed E-state index contributed by atoms with van der Waals surface area (Å²) in [5, 5.41) is 16.5. The van der Waals surface area contributed by atoms with Gasteiger partial charge in [-0.15, -0.1) is 0 Å². The zero-order valence-electron chi connectivity index (χ0n) is 27.1. The summed E-state index contributed by atoms with van der Waals surface area (Å²) in [7, 11) is -0.0411. The number of nitrogens with zero attached hydrogens (tertiary/aromatic N) is 1. The van der Waals surface area contributed by atoms with Crippen LogP contribution in [0, 0.1) is 15.9 Å². The average molecular weight is 780 g/mol. The number of hydrogen-bond acceptors (Lipinski definition) is 5. The van der Waals surface area contributed by atoms with Gasteiger partial charge in [0.2, 0.25) is 0 Å². The summed E-state index contributed by atoms with van der Waals surface area (Å²) in [5.41, 5.74) is 6.64. The van der Waals surface area contributed by atoms with Gasteiger partial charge < -0.3 is 15.0 Å². The quantitative estimate of drug-likeness (QED) is 0.0818. The highest BCUT2D eigenvalue weighted by Crippen LogP contribution is 2.37. The molecule has 6 aromatic carbocycles. The third kappa shape index (κ3) is 8.21. The lowest BCUT2D eigenvalue weighted by molar-refractivity contribution is -0.384. The molecule has 2 N–H and O–H groups in total. The van der Waals surface area contributed by atoms with E-state index >= 15 is 0 Å². The van der Waals surface area contributed by atoms with Gasteiger partial charge in [-0.05, 0) is 100 Å². The molecular weight excluding hydrogens is 745 g/mol. The van der Waals surface area contributed by atoms with E-state index in [1.807, 2.05) is 107 Å². The Hall–Kier alpha value is -3.90. The summed E-state index contributed by atoms with van der Waals surface area (Å²) >= 11 is 6.79. The Balaban J connectivity index is 0.000000164. The zero-order chi connectivity index (χ0) is 35.2. The van der Waals surface area contributed by atoms with Crippen molar-refractivity contribution in [2.75, 3.05) is 12.9 Å². The number of hydrogen-bond donors (Lipinski definition) is 1. The maximum absolute atomic E-state index is 13.8. The maximum Gasteiger partial charge on any atom is 0.495 e. The van der Waals surface area contributed by atoms with E-state index in [0.29, 0.717) is 7.18 Å². The summed E-state index contributed by atoms with van der Waals surface area (Å²) in [4.78, 5) is 10.2. The number of nitrogen functional groups attached to an aromatic ring is 1. The van der Waals surface area contributed by atoms with Crippen LogP contribution < -0.4 is 11.2 Å². The Morgan fingerprint density at radius 1 is 0.688 bits per heavy atom. The Labute approximate surface area is 295 Å². The van der Waals surface area contributed by atoms with Crippen molar-refractivity contribution >= 4 is 88.1 Å². The predicted molar refractivity (Wildman–Crippen MR) is 201 cm³/mol. The molecular formula is C37H35BBr2F2N2O4. The number of benzene rings is 6.